The molecule has 1 amide bonds. The van der Waals surface area contributed by atoms with Gasteiger partial charge >= 0.3 is 0 Å². The monoisotopic (exact) mass is 387 g/mol. The van der Waals surface area contributed by atoms with Gasteiger partial charge in [0.05, 0.1) is 5.56 Å². The molecule has 0 aliphatic carbocycles. The van der Waals surface area contributed by atoms with Gasteiger partial charge in [-0.3, -0.25) is 9.59 Å². The Morgan fingerprint density at radius 2 is 1.48 bits per heavy atom. The van der Waals surface area contributed by atoms with Crippen LogP contribution in [0.5, 0.6) is 11.5 Å². The predicted octanol–water partition coefficient (Wildman–Crippen LogP) is 3.66. The van der Waals surface area contributed by atoms with Crippen molar-refractivity contribution in [2.24, 2.45) is 0 Å². The molecule has 5 heteroatoms. The fourth-order valence-electron chi connectivity index (χ4n) is 3.28. The summed E-state index contributed by atoms with van der Waals surface area (Å²) in [6, 6.07) is 21.9. The van der Waals surface area contributed by atoms with Crippen LogP contribution in [0.3, 0.4) is 0 Å². The van der Waals surface area contributed by atoms with Crippen LogP contribution in [0.1, 0.15) is 31.8 Å². The molecule has 0 unspecified atom stereocenters. The van der Waals surface area contributed by atoms with E-state index in [1.165, 1.54) is 0 Å². The zero-order valence-electron chi connectivity index (χ0n) is 15.9. The molecule has 0 aromatic heterocycles. The molecule has 1 N–H and O–H groups in total. The number of carbonyl (C=O) groups excluding carboxylic acids is 2. The molecular formula is C24H21NO4. The van der Waals surface area contributed by atoms with E-state index >= 15 is 0 Å². The smallest absolute Gasteiger partial charge is 0.252 e. The Labute approximate surface area is 169 Å². The van der Waals surface area contributed by atoms with Crippen molar-refractivity contribution in [2.75, 3.05) is 19.8 Å². The number of nitrogens with one attached hydrogen (secondary N) is 1. The van der Waals surface area contributed by atoms with Gasteiger partial charge in [0.15, 0.2) is 17.3 Å². The molecule has 1 aliphatic heterocycles. The summed E-state index contributed by atoms with van der Waals surface area (Å²) in [5.74, 6) is 0.685. The van der Waals surface area contributed by atoms with Crippen molar-refractivity contribution in [1.29, 1.82) is 0 Å². The van der Waals surface area contributed by atoms with Crippen molar-refractivity contribution in [1.82, 2.24) is 5.32 Å². The molecule has 1 heterocycles. The van der Waals surface area contributed by atoms with Crippen LogP contribution >= 0.6 is 0 Å². The predicted molar refractivity (Wildman–Crippen MR) is 110 cm³/mol. The van der Waals surface area contributed by atoms with Crippen LogP contribution in [-0.2, 0) is 6.42 Å². The number of ketones is 1. The van der Waals surface area contributed by atoms with Gasteiger partial charge in [0.25, 0.3) is 5.91 Å². The summed E-state index contributed by atoms with van der Waals surface area (Å²) in [5, 5.41) is 2.91. The van der Waals surface area contributed by atoms with Crippen molar-refractivity contribution in [2.45, 2.75) is 6.42 Å². The average molecular weight is 387 g/mol. The standard InChI is InChI=1S/C24H21NO4/c26-23(18-10-11-21-22(16-18)29-15-14-28-21)19-8-4-5-9-20(19)24(27)25-13-12-17-6-2-1-3-7-17/h1-11,16H,12-15H2,(H,25,27). The van der Waals surface area contributed by atoms with E-state index in [9.17, 15) is 9.59 Å². The average Bonchev–Trinajstić information content (AvgIpc) is 2.79. The van der Waals surface area contributed by atoms with Gasteiger partial charge in [0.2, 0.25) is 0 Å². The third kappa shape index (κ3) is 4.29. The first-order valence-corrected chi connectivity index (χ1v) is 9.58. The van der Waals surface area contributed by atoms with E-state index in [1.54, 1.807) is 42.5 Å². The molecule has 0 spiro atoms. The minimum absolute atomic E-state index is 0.226. The van der Waals surface area contributed by atoms with Crippen molar-refractivity contribution < 1.29 is 19.1 Å². The van der Waals surface area contributed by atoms with Gasteiger partial charge in [-0.15, -0.1) is 0 Å². The summed E-state index contributed by atoms with van der Waals surface area (Å²) >= 11 is 0. The molecule has 5 nitrogen and oxygen atoms in total. The molecule has 3 aromatic carbocycles. The maximum Gasteiger partial charge on any atom is 0.252 e. The SMILES string of the molecule is O=C(NCCc1ccccc1)c1ccccc1C(=O)c1ccc2c(c1)OCCO2. The third-order valence-corrected chi connectivity index (χ3v) is 4.76. The molecule has 146 valence electrons. The van der Waals surface area contributed by atoms with Gasteiger partial charge in [0.1, 0.15) is 13.2 Å². The lowest BCUT2D eigenvalue weighted by molar-refractivity contribution is 0.0942. The first-order chi connectivity index (χ1) is 14.2. The van der Waals surface area contributed by atoms with Gasteiger partial charge in [-0.05, 0) is 36.2 Å². The van der Waals surface area contributed by atoms with E-state index < -0.39 is 0 Å². The highest BCUT2D eigenvalue weighted by Gasteiger charge is 2.20. The Morgan fingerprint density at radius 3 is 2.28 bits per heavy atom. The third-order valence-electron chi connectivity index (χ3n) is 4.76. The molecule has 0 bridgehead atoms. The minimum Gasteiger partial charge on any atom is -0.486 e. The van der Waals surface area contributed by atoms with E-state index in [2.05, 4.69) is 5.32 Å². The number of amides is 1. The molecule has 0 radical (unpaired) electrons. The van der Waals surface area contributed by atoms with Crippen LogP contribution in [0, 0.1) is 0 Å². The maximum atomic E-state index is 13.1. The minimum atomic E-state index is -0.262. The Hall–Kier alpha value is -3.60. The Balaban J connectivity index is 1.50. The highest BCUT2D eigenvalue weighted by molar-refractivity contribution is 6.15. The second-order valence-electron chi connectivity index (χ2n) is 6.72. The highest BCUT2D eigenvalue weighted by atomic mass is 16.6. The summed E-state index contributed by atoms with van der Waals surface area (Å²) in [5.41, 5.74) is 2.33. The van der Waals surface area contributed by atoms with Gasteiger partial charge < -0.3 is 14.8 Å². The number of fused-ring (bicyclic) bond motifs is 1. The van der Waals surface area contributed by atoms with E-state index in [1.807, 2.05) is 30.3 Å². The summed E-state index contributed by atoms with van der Waals surface area (Å²) in [4.78, 5) is 25.8. The molecule has 29 heavy (non-hydrogen) atoms. The normalized spacial score (nSPS) is 12.3. The molecule has 0 fully saturated rings. The lowest BCUT2D eigenvalue weighted by Gasteiger charge is -2.18. The zero-order valence-corrected chi connectivity index (χ0v) is 15.9. The van der Waals surface area contributed by atoms with Crippen LogP contribution in [0.15, 0.2) is 72.8 Å². The fraction of sp³-hybridized carbons (Fsp3) is 0.167. The lowest BCUT2D eigenvalue weighted by atomic mass is 9.97. The van der Waals surface area contributed by atoms with E-state index in [0.717, 1.165) is 12.0 Å². The number of rotatable bonds is 6. The fourth-order valence-corrected chi connectivity index (χ4v) is 3.28. The van der Waals surface area contributed by atoms with Crippen molar-refractivity contribution >= 4 is 11.7 Å². The summed E-state index contributed by atoms with van der Waals surface area (Å²) < 4.78 is 11.1. The second-order valence-corrected chi connectivity index (χ2v) is 6.72. The van der Waals surface area contributed by atoms with Gasteiger partial charge in [-0.1, -0.05) is 48.5 Å². The van der Waals surface area contributed by atoms with Gasteiger partial charge in [-0.25, -0.2) is 0 Å². The molecule has 1 aliphatic rings. The van der Waals surface area contributed by atoms with Crippen LogP contribution in [0.25, 0.3) is 0 Å². The van der Waals surface area contributed by atoms with Crippen LogP contribution in [-0.4, -0.2) is 31.4 Å². The number of hydrogen-bond donors (Lipinski definition) is 1. The molecule has 0 saturated heterocycles. The molecule has 0 saturated carbocycles. The molecular weight excluding hydrogens is 366 g/mol. The van der Waals surface area contributed by atoms with E-state index in [-0.39, 0.29) is 11.7 Å². The molecule has 3 aromatic rings. The second kappa shape index (κ2) is 8.61. The number of hydrogen-bond acceptors (Lipinski definition) is 4. The van der Waals surface area contributed by atoms with Crippen LogP contribution in [0.2, 0.25) is 0 Å². The highest BCUT2D eigenvalue weighted by Crippen LogP contribution is 2.31. The number of benzene rings is 3. The zero-order chi connectivity index (χ0) is 20.1. The molecule has 4 rings (SSSR count). The number of ether oxygens (including phenoxy) is 2. The van der Waals surface area contributed by atoms with Gasteiger partial charge in [0, 0.05) is 17.7 Å². The van der Waals surface area contributed by atoms with Crippen LogP contribution < -0.4 is 14.8 Å². The van der Waals surface area contributed by atoms with Crippen molar-refractivity contribution in [3.05, 3.63) is 95.1 Å². The lowest BCUT2D eigenvalue weighted by Crippen LogP contribution is -2.27. The van der Waals surface area contributed by atoms with E-state index in [0.29, 0.717) is 47.9 Å². The summed E-state index contributed by atoms with van der Waals surface area (Å²) in [6.07, 6.45) is 0.727. The number of carbonyl (C=O) groups is 2. The van der Waals surface area contributed by atoms with Crippen molar-refractivity contribution in [3.63, 3.8) is 0 Å². The Morgan fingerprint density at radius 1 is 0.793 bits per heavy atom. The Bertz CT molecular complexity index is 1030. The first kappa shape index (κ1) is 18.7. The van der Waals surface area contributed by atoms with Crippen LogP contribution in [0.4, 0.5) is 0 Å². The summed E-state index contributed by atoms with van der Waals surface area (Å²) in [6.45, 7) is 1.44. The molecule has 0 atom stereocenters. The topological polar surface area (TPSA) is 64.6 Å². The van der Waals surface area contributed by atoms with Gasteiger partial charge in [-0.2, -0.15) is 0 Å². The Kier molecular flexibility index (Phi) is 5.56. The van der Waals surface area contributed by atoms with E-state index in [4.69, 9.17) is 9.47 Å². The quantitative estimate of drug-likeness (QED) is 0.656. The summed E-state index contributed by atoms with van der Waals surface area (Å²) in [7, 11) is 0. The largest absolute Gasteiger partial charge is 0.486 e. The van der Waals surface area contributed by atoms with Crippen molar-refractivity contribution in [3.8, 4) is 11.5 Å². The first-order valence-electron chi connectivity index (χ1n) is 9.58. The maximum absolute atomic E-state index is 13.1.